The highest BCUT2D eigenvalue weighted by atomic mass is 16.1. The predicted molar refractivity (Wildman–Crippen MR) is 111 cm³/mol. The zero-order chi connectivity index (χ0) is 19.3. The lowest BCUT2D eigenvalue weighted by Crippen LogP contribution is -2.33. The smallest absolute Gasteiger partial charge is 0.162 e. The minimum atomic E-state index is -0.106. The number of aromatic amines is 1. The van der Waals surface area contributed by atoms with Crippen LogP contribution in [0.5, 0.6) is 0 Å². The maximum absolute atomic E-state index is 13.3. The second-order valence-corrected chi connectivity index (χ2v) is 8.53. The summed E-state index contributed by atoms with van der Waals surface area (Å²) in [7, 11) is 0. The Hall–Kier alpha value is -3.14. The van der Waals surface area contributed by atoms with Gasteiger partial charge in [-0.05, 0) is 23.0 Å². The van der Waals surface area contributed by atoms with E-state index in [1.54, 1.807) is 0 Å². The molecule has 0 radical (unpaired) electrons. The maximum atomic E-state index is 13.3. The molecule has 1 atom stereocenters. The van der Waals surface area contributed by atoms with Crippen LogP contribution in [0.3, 0.4) is 0 Å². The molecule has 2 aromatic carbocycles. The molecule has 0 bridgehead atoms. The summed E-state index contributed by atoms with van der Waals surface area (Å²) < 4.78 is 0. The topological polar surface area (TPSA) is 57.8 Å². The first-order valence-corrected chi connectivity index (χ1v) is 9.75. The SMILES string of the molecule is CC1(C)CC(=O)C2=C(C1)Nc1n[nH]c(-c3ccccc3)c1C2c1ccccc1. The van der Waals surface area contributed by atoms with Crippen molar-refractivity contribution >= 4 is 11.6 Å². The largest absolute Gasteiger partial charge is 0.342 e. The highest BCUT2D eigenvalue weighted by Gasteiger charge is 2.42. The van der Waals surface area contributed by atoms with Crippen molar-refractivity contribution in [1.29, 1.82) is 0 Å². The first-order chi connectivity index (χ1) is 13.5. The number of Topliss-reactive ketones (excluding diaryl/α,β-unsaturated/α-hetero) is 1. The van der Waals surface area contributed by atoms with Gasteiger partial charge in [-0.1, -0.05) is 74.5 Å². The highest BCUT2D eigenvalue weighted by Crippen LogP contribution is 2.50. The van der Waals surface area contributed by atoms with E-state index in [0.29, 0.717) is 6.42 Å². The van der Waals surface area contributed by atoms with Crippen molar-refractivity contribution in [2.45, 2.75) is 32.6 Å². The Bertz CT molecular complexity index is 1080. The standard InChI is InChI=1S/C24H23N3O/c1-24(2)13-17-20(18(28)14-24)19(15-9-5-3-6-10-15)21-22(26-27-23(21)25-17)16-11-7-4-8-12-16/h3-12,19H,13-14H2,1-2H3,(H2,25,26,27). The molecule has 28 heavy (non-hydrogen) atoms. The minimum Gasteiger partial charge on any atom is -0.342 e. The van der Waals surface area contributed by atoms with Crippen LogP contribution in [-0.4, -0.2) is 16.0 Å². The third-order valence-corrected chi connectivity index (χ3v) is 5.77. The van der Waals surface area contributed by atoms with E-state index in [4.69, 9.17) is 0 Å². The van der Waals surface area contributed by atoms with Gasteiger partial charge in [0, 0.05) is 29.2 Å². The first-order valence-electron chi connectivity index (χ1n) is 9.75. The number of anilines is 1. The molecule has 2 heterocycles. The van der Waals surface area contributed by atoms with Crippen LogP contribution in [0.15, 0.2) is 71.9 Å². The summed E-state index contributed by atoms with van der Waals surface area (Å²) in [5, 5.41) is 11.3. The van der Waals surface area contributed by atoms with Crippen LogP contribution in [0, 0.1) is 5.41 Å². The van der Waals surface area contributed by atoms with Gasteiger partial charge in [0.1, 0.15) is 0 Å². The second kappa shape index (κ2) is 6.20. The fourth-order valence-corrected chi connectivity index (χ4v) is 4.60. The van der Waals surface area contributed by atoms with Gasteiger partial charge in [-0.3, -0.25) is 9.89 Å². The van der Waals surface area contributed by atoms with Crippen LogP contribution in [0.25, 0.3) is 11.3 Å². The number of nitrogens with zero attached hydrogens (tertiary/aromatic N) is 1. The van der Waals surface area contributed by atoms with Gasteiger partial charge in [-0.25, -0.2) is 0 Å². The Morgan fingerprint density at radius 2 is 1.64 bits per heavy atom. The van der Waals surface area contributed by atoms with E-state index in [0.717, 1.165) is 45.9 Å². The molecule has 0 saturated carbocycles. The van der Waals surface area contributed by atoms with Gasteiger partial charge in [-0.2, -0.15) is 5.10 Å². The van der Waals surface area contributed by atoms with Gasteiger partial charge in [-0.15, -0.1) is 0 Å². The molecule has 1 aliphatic heterocycles. The number of rotatable bonds is 2. The number of hydrogen-bond acceptors (Lipinski definition) is 3. The zero-order valence-electron chi connectivity index (χ0n) is 16.1. The number of aromatic nitrogens is 2. The molecule has 2 N–H and O–H groups in total. The third kappa shape index (κ3) is 2.68. The van der Waals surface area contributed by atoms with Crippen molar-refractivity contribution < 1.29 is 4.79 Å². The third-order valence-electron chi connectivity index (χ3n) is 5.77. The van der Waals surface area contributed by atoms with Gasteiger partial charge in [0.2, 0.25) is 0 Å². The lowest BCUT2D eigenvalue weighted by Gasteiger charge is -2.38. The van der Waals surface area contributed by atoms with Crippen LogP contribution >= 0.6 is 0 Å². The van der Waals surface area contributed by atoms with Gasteiger partial charge in [0.05, 0.1) is 5.69 Å². The van der Waals surface area contributed by atoms with E-state index in [1.807, 2.05) is 36.4 Å². The summed E-state index contributed by atoms with van der Waals surface area (Å²) in [6.45, 7) is 4.31. The number of carbonyl (C=O) groups excluding carboxylic acids is 1. The van der Waals surface area contributed by atoms with Crippen LogP contribution in [0.1, 0.15) is 43.7 Å². The highest BCUT2D eigenvalue weighted by molar-refractivity contribution is 6.02. The maximum Gasteiger partial charge on any atom is 0.162 e. The zero-order valence-corrected chi connectivity index (χ0v) is 16.1. The predicted octanol–water partition coefficient (Wildman–Crippen LogP) is 5.28. The van der Waals surface area contributed by atoms with Crippen molar-refractivity contribution in [3.63, 3.8) is 0 Å². The van der Waals surface area contributed by atoms with Crippen LogP contribution in [0.2, 0.25) is 0 Å². The average molecular weight is 369 g/mol. The number of H-pyrrole nitrogens is 1. The average Bonchev–Trinajstić information content (AvgIpc) is 3.10. The molecule has 1 aromatic heterocycles. The Kier molecular flexibility index (Phi) is 3.76. The van der Waals surface area contributed by atoms with Crippen molar-refractivity contribution in [2.75, 3.05) is 5.32 Å². The number of carbonyl (C=O) groups is 1. The van der Waals surface area contributed by atoms with Crippen LogP contribution < -0.4 is 5.32 Å². The van der Waals surface area contributed by atoms with Gasteiger partial charge < -0.3 is 5.32 Å². The molecule has 0 amide bonds. The van der Waals surface area contributed by atoms with E-state index in [-0.39, 0.29) is 17.1 Å². The molecule has 5 rings (SSSR count). The van der Waals surface area contributed by atoms with Crippen molar-refractivity contribution in [1.82, 2.24) is 10.2 Å². The molecular weight excluding hydrogens is 346 g/mol. The Morgan fingerprint density at radius 1 is 0.964 bits per heavy atom. The molecule has 0 saturated heterocycles. The number of nitrogens with one attached hydrogen (secondary N) is 2. The van der Waals surface area contributed by atoms with Crippen molar-refractivity contribution in [2.24, 2.45) is 5.41 Å². The van der Waals surface area contributed by atoms with Crippen molar-refractivity contribution in [3.05, 3.63) is 83.1 Å². The monoisotopic (exact) mass is 369 g/mol. The first kappa shape index (κ1) is 17.0. The molecule has 4 nitrogen and oxygen atoms in total. The molecule has 4 heteroatoms. The van der Waals surface area contributed by atoms with E-state index >= 15 is 0 Å². The normalized spacial score (nSPS) is 20.4. The summed E-state index contributed by atoms with van der Waals surface area (Å²) in [4.78, 5) is 13.3. The summed E-state index contributed by atoms with van der Waals surface area (Å²) in [6.07, 6.45) is 1.43. The molecule has 3 aromatic rings. The second-order valence-electron chi connectivity index (χ2n) is 8.53. The summed E-state index contributed by atoms with van der Waals surface area (Å²) in [5.74, 6) is 0.959. The Balaban J connectivity index is 1.74. The van der Waals surface area contributed by atoms with E-state index in [9.17, 15) is 4.79 Å². The summed E-state index contributed by atoms with van der Waals surface area (Å²) in [6, 6.07) is 20.5. The molecule has 1 aliphatic carbocycles. The molecule has 2 aliphatic rings. The summed E-state index contributed by atoms with van der Waals surface area (Å²) >= 11 is 0. The van der Waals surface area contributed by atoms with Crippen molar-refractivity contribution in [3.8, 4) is 11.3 Å². The van der Waals surface area contributed by atoms with Gasteiger partial charge in [0.25, 0.3) is 0 Å². The fraction of sp³-hybridized carbons (Fsp3) is 0.250. The minimum absolute atomic E-state index is 0.0414. The molecule has 0 spiro atoms. The lowest BCUT2D eigenvalue weighted by atomic mass is 9.69. The Morgan fingerprint density at radius 3 is 2.36 bits per heavy atom. The van der Waals surface area contributed by atoms with E-state index in [2.05, 4.69) is 53.6 Å². The van der Waals surface area contributed by atoms with Gasteiger partial charge in [0.15, 0.2) is 11.6 Å². The van der Waals surface area contributed by atoms with Gasteiger partial charge >= 0.3 is 0 Å². The molecular formula is C24H23N3O. The van der Waals surface area contributed by atoms with Crippen LogP contribution in [-0.2, 0) is 4.79 Å². The number of hydrogen-bond donors (Lipinski definition) is 2. The number of ketones is 1. The molecule has 140 valence electrons. The Labute approximate surface area is 164 Å². The quantitative estimate of drug-likeness (QED) is 0.646. The lowest BCUT2D eigenvalue weighted by molar-refractivity contribution is -0.118. The number of fused-ring (bicyclic) bond motifs is 1. The number of allylic oxidation sites excluding steroid dienone is 2. The number of benzene rings is 2. The molecule has 0 fully saturated rings. The van der Waals surface area contributed by atoms with E-state index in [1.165, 1.54) is 0 Å². The fourth-order valence-electron chi connectivity index (χ4n) is 4.60. The summed E-state index contributed by atoms with van der Waals surface area (Å²) in [5.41, 5.74) is 6.12. The van der Waals surface area contributed by atoms with Crippen LogP contribution in [0.4, 0.5) is 5.82 Å². The van der Waals surface area contributed by atoms with E-state index < -0.39 is 0 Å². The molecule has 1 unspecified atom stereocenters.